The zero-order valence-corrected chi connectivity index (χ0v) is 16.5. The lowest BCUT2D eigenvalue weighted by atomic mass is 9.93. The molecule has 0 bridgehead atoms. The highest BCUT2D eigenvalue weighted by Gasteiger charge is 2.24. The molecule has 1 saturated carbocycles. The zero-order valence-electron chi connectivity index (χ0n) is 15.8. The molecule has 5 rings (SSSR count). The minimum atomic E-state index is -2.71. The zero-order chi connectivity index (χ0) is 20.7. The first kappa shape index (κ1) is 19.1. The number of hydrogen-bond donors (Lipinski definition) is 1. The number of imidazole rings is 1. The Morgan fingerprint density at radius 3 is 2.70 bits per heavy atom. The Hall–Kier alpha value is -2.85. The van der Waals surface area contributed by atoms with E-state index in [0.29, 0.717) is 29.7 Å². The second kappa shape index (κ2) is 7.77. The van der Waals surface area contributed by atoms with Crippen LogP contribution < -0.4 is 5.32 Å². The summed E-state index contributed by atoms with van der Waals surface area (Å²) >= 11 is 6.15. The van der Waals surface area contributed by atoms with Crippen LogP contribution in [-0.2, 0) is 4.74 Å². The Bertz CT molecular complexity index is 1190. The molecule has 0 atom stereocenters. The predicted octanol–water partition coefficient (Wildman–Crippen LogP) is 4.05. The lowest BCUT2D eigenvalue weighted by Crippen LogP contribution is -2.31. The van der Waals surface area contributed by atoms with Crippen LogP contribution >= 0.6 is 11.6 Å². The van der Waals surface area contributed by atoms with Crippen LogP contribution in [0.2, 0.25) is 5.15 Å². The van der Waals surface area contributed by atoms with Crippen LogP contribution in [0.15, 0.2) is 37.1 Å². The summed E-state index contributed by atoms with van der Waals surface area (Å²) < 4.78 is 32.7. The van der Waals surface area contributed by atoms with Crippen molar-refractivity contribution in [2.45, 2.75) is 44.4 Å². The van der Waals surface area contributed by atoms with E-state index in [1.165, 1.54) is 0 Å². The number of nitrogens with one attached hydrogen (secondary N) is 1. The van der Waals surface area contributed by atoms with Crippen molar-refractivity contribution >= 4 is 28.8 Å². The second-order valence-corrected chi connectivity index (χ2v) is 7.64. The number of ether oxygens (including phenoxy) is 1. The van der Waals surface area contributed by atoms with Gasteiger partial charge >= 0.3 is 6.61 Å². The summed E-state index contributed by atoms with van der Waals surface area (Å²) in [4.78, 5) is 12.9. The van der Waals surface area contributed by atoms with Crippen LogP contribution in [0.1, 0.15) is 25.7 Å². The van der Waals surface area contributed by atoms with Crippen molar-refractivity contribution in [1.82, 2.24) is 29.0 Å². The largest absolute Gasteiger partial charge is 0.350 e. The molecule has 4 heterocycles. The van der Waals surface area contributed by atoms with Crippen LogP contribution in [0.4, 0.5) is 14.7 Å². The van der Waals surface area contributed by atoms with Crippen molar-refractivity contribution < 1.29 is 13.5 Å². The molecule has 8 nitrogen and oxygen atoms in total. The number of hydrogen-bond acceptors (Lipinski definition) is 6. The van der Waals surface area contributed by atoms with E-state index in [0.717, 1.165) is 29.5 Å². The molecule has 11 heteroatoms. The third-order valence-corrected chi connectivity index (χ3v) is 5.63. The normalized spacial score (nSPS) is 19.7. The van der Waals surface area contributed by atoms with Gasteiger partial charge < -0.3 is 10.1 Å². The lowest BCUT2D eigenvalue weighted by molar-refractivity contribution is -0.169. The van der Waals surface area contributed by atoms with Crippen LogP contribution in [0.3, 0.4) is 0 Å². The minimum absolute atomic E-state index is 0.130. The third kappa shape index (κ3) is 3.68. The summed E-state index contributed by atoms with van der Waals surface area (Å²) in [6.45, 7) is -2.71. The fourth-order valence-corrected chi connectivity index (χ4v) is 4.04. The molecule has 1 aliphatic rings. The van der Waals surface area contributed by atoms with Gasteiger partial charge in [0.1, 0.15) is 5.15 Å². The van der Waals surface area contributed by atoms with Gasteiger partial charge in [-0.25, -0.2) is 19.5 Å². The van der Waals surface area contributed by atoms with E-state index >= 15 is 0 Å². The Morgan fingerprint density at radius 1 is 1.10 bits per heavy atom. The molecule has 0 aromatic carbocycles. The van der Waals surface area contributed by atoms with Gasteiger partial charge in [0.2, 0.25) is 11.7 Å². The maximum Gasteiger partial charge on any atom is 0.345 e. The molecule has 1 aliphatic carbocycles. The number of rotatable bonds is 5. The quantitative estimate of drug-likeness (QED) is 0.511. The van der Waals surface area contributed by atoms with E-state index < -0.39 is 6.61 Å². The van der Waals surface area contributed by atoms with Crippen molar-refractivity contribution in [3.63, 3.8) is 0 Å². The number of fused-ring (bicyclic) bond motifs is 2. The standard InChI is InChI=1S/C19H18ClF2N7O/c20-16-9-25-19-24-7-11(10-28(16)19)14-5-6-29-15(14)8-23-18(27-29)26-12-1-3-13(4-2-12)30-17(21)22/h5-10,12-13,17H,1-4H2,(H,26,27). The van der Waals surface area contributed by atoms with E-state index in [4.69, 9.17) is 11.6 Å². The maximum absolute atomic E-state index is 12.3. The molecular weight excluding hydrogens is 416 g/mol. The third-order valence-electron chi connectivity index (χ3n) is 5.35. The minimum Gasteiger partial charge on any atom is -0.350 e. The molecular formula is C19H18ClF2N7O. The molecule has 0 saturated heterocycles. The number of anilines is 1. The molecule has 0 amide bonds. The van der Waals surface area contributed by atoms with Gasteiger partial charge in [-0.1, -0.05) is 11.6 Å². The number of halogens is 3. The molecule has 4 aromatic heterocycles. The van der Waals surface area contributed by atoms with E-state index in [9.17, 15) is 8.78 Å². The van der Waals surface area contributed by atoms with E-state index in [1.807, 2.05) is 18.5 Å². The van der Waals surface area contributed by atoms with Gasteiger partial charge in [-0.15, -0.1) is 5.10 Å². The highest BCUT2D eigenvalue weighted by molar-refractivity contribution is 6.29. The number of nitrogens with zero attached hydrogens (tertiary/aromatic N) is 6. The highest BCUT2D eigenvalue weighted by Crippen LogP contribution is 2.27. The average Bonchev–Trinajstić information content (AvgIpc) is 3.32. The fourth-order valence-electron chi connectivity index (χ4n) is 3.87. The molecule has 0 radical (unpaired) electrons. The van der Waals surface area contributed by atoms with Crippen LogP contribution in [0.25, 0.3) is 22.4 Å². The van der Waals surface area contributed by atoms with Crippen molar-refractivity contribution in [3.05, 3.63) is 42.2 Å². The first-order valence-electron chi connectivity index (χ1n) is 9.60. The number of aromatic nitrogens is 6. The smallest absolute Gasteiger partial charge is 0.345 e. The van der Waals surface area contributed by atoms with Crippen molar-refractivity contribution in [3.8, 4) is 11.1 Å². The highest BCUT2D eigenvalue weighted by atomic mass is 35.5. The monoisotopic (exact) mass is 433 g/mol. The van der Waals surface area contributed by atoms with E-state index in [2.05, 4.69) is 30.1 Å². The molecule has 0 unspecified atom stereocenters. The van der Waals surface area contributed by atoms with Crippen molar-refractivity contribution in [2.24, 2.45) is 0 Å². The summed E-state index contributed by atoms with van der Waals surface area (Å²) in [5, 5.41) is 8.31. The van der Waals surface area contributed by atoms with Crippen LogP contribution in [0.5, 0.6) is 0 Å². The topological polar surface area (TPSA) is 81.6 Å². The van der Waals surface area contributed by atoms with Gasteiger partial charge in [0.15, 0.2) is 0 Å². The van der Waals surface area contributed by atoms with E-state index in [-0.39, 0.29) is 12.1 Å². The second-order valence-electron chi connectivity index (χ2n) is 7.25. The van der Waals surface area contributed by atoms with Gasteiger partial charge in [0.25, 0.3) is 0 Å². The van der Waals surface area contributed by atoms with E-state index in [1.54, 1.807) is 27.5 Å². The Morgan fingerprint density at radius 2 is 1.90 bits per heavy atom. The summed E-state index contributed by atoms with van der Waals surface area (Å²) in [5.74, 6) is 1.03. The predicted molar refractivity (Wildman–Crippen MR) is 107 cm³/mol. The Labute approximate surface area is 174 Å². The van der Waals surface area contributed by atoms with Gasteiger partial charge in [-0.2, -0.15) is 8.78 Å². The molecule has 0 aliphatic heterocycles. The van der Waals surface area contributed by atoms with Gasteiger partial charge in [-0.05, 0) is 31.7 Å². The molecule has 4 aromatic rings. The van der Waals surface area contributed by atoms with Gasteiger partial charge in [0, 0.05) is 35.8 Å². The molecule has 30 heavy (non-hydrogen) atoms. The average molecular weight is 434 g/mol. The van der Waals surface area contributed by atoms with Crippen LogP contribution in [-0.4, -0.2) is 47.7 Å². The molecule has 156 valence electrons. The van der Waals surface area contributed by atoms with Crippen molar-refractivity contribution in [2.75, 3.05) is 5.32 Å². The summed E-state index contributed by atoms with van der Waals surface area (Å²) in [7, 11) is 0. The van der Waals surface area contributed by atoms with Crippen molar-refractivity contribution in [1.29, 1.82) is 0 Å². The Kier molecular flexibility index (Phi) is 4.95. The SMILES string of the molecule is FC(F)OC1CCC(Nc2ncc3c(-c4cnc5ncc(Cl)n5c4)ccn3n2)CC1. The molecule has 1 N–H and O–H groups in total. The first-order valence-corrected chi connectivity index (χ1v) is 9.98. The Balaban J connectivity index is 1.33. The molecule has 1 fully saturated rings. The number of alkyl halides is 2. The molecule has 0 spiro atoms. The summed E-state index contributed by atoms with van der Waals surface area (Å²) in [5.41, 5.74) is 2.61. The van der Waals surface area contributed by atoms with Gasteiger partial charge in [-0.3, -0.25) is 4.40 Å². The van der Waals surface area contributed by atoms with Gasteiger partial charge in [0.05, 0.1) is 24.0 Å². The summed E-state index contributed by atoms with van der Waals surface area (Å²) in [6.07, 6.45) is 11.0. The maximum atomic E-state index is 12.3. The first-order chi connectivity index (χ1) is 14.6. The fraction of sp³-hybridized carbons (Fsp3) is 0.368. The lowest BCUT2D eigenvalue weighted by Gasteiger charge is -2.28. The summed E-state index contributed by atoms with van der Waals surface area (Å²) in [6, 6.07) is 2.07. The van der Waals surface area contributed by atoms with Crippen LogP contribution in [0, 0.1) is 0 Å².